The van der Waals surface area contributed by atoms with Crippen LogP contribution in [-0.2, 0) is 7.05 Å². The Morgan fingerprint density at radius 2 is 2.31 bits per heavy atom. The predicted octanol–water partition coefficient (Wildman–Crippen LogP) is 1.43. The highest BCUT2D eigenvalue weighted by molar-refractivity contribution is 6.37. The number of hydrogen-bond acceptors (Lipinski definition) is 3. The monoisotopic (exact) mass is 195 g/mol. The van der Waals surface area contributed by atoms with Gasteiger partial charge >= 0.3 is 0 Å². The Balaban J connectivity index is 2.87. The van der Waals surface area contributed by atoms with Crippen molar-refractivity contribution in [2.75, 3.05) is 0 Å². The molecule has 13 heavy (non-hydrogen) atoms. The quantitative estimate of drug-likeness (QED) is 0.647. The van der Waals surface area contributed by atoms with Gasteiger partial charge in [-0.15, -0.1) is 0 Å². The fraction of sp³-hybridized carbons (Fsp3) is 0.125. The van der Waals surface area contributed by atoms with E-state index in [0.717, 1.165) is 0 Å². The molecule has 0 bridgehead atoms. The van der Waals surface area contributed by atoms with Crippen LogP contribution in [0.2, 0.25) is 5.02 Å². The lowest BCUT2D eigenvalue weighted by molar-refractivity contribution is 0.112. The second-order valence-corrected chi connectivity index (χ2v) is 3.03. The number of halogens is 1. The number of nitrogens with zero attached hydrogens (tertiary/aromatic N) is 3. The summed E-state index contributed by atoms with van der Waals surface area (Å²) in [7, 11) is 1.77. The fourth-order valence-electron chi connectivity index (χ4n) is 1.16. The molecule has 2 heterocycles. The molecule has 0 amide bonds. The largest absolute Gasteiger partial charge is 0.298 e. The fourth-order valence-corrected chi connectivity index (χ4v) is 1.39. The summed E-state index contributed by atoms with van der Waals surface area (Å²) in [5.74, 6) is 0. The van der Waals surface area contributed by atoms with E-state index in [0.29, 0.717) is 27.9 Å². The van der Waals surface area contributed by atoms with Gasteiger partial charge in [0.2, 0.25) is 0 Å². The predicted molar refractivity (Wildman–Crippen MR) is 48.9 cm³/mol. The third kappa shape index (κ3) is 1.10. The van der Waals surface area contributed by atoms with Crippen molar-refractivity contribution in [3.63, 3.8) is 0 Å². The number of hydrogen-bond donors (Lipinski definition) is 0. The van der Waals surface area contributed by atoms with Crippen molar-refractivity contribution in [3.8, 4) is 0 Å². The van der Waals surface area contributed by atoms with Crippen molar-refractivity contribution in [1.29, 1.82) is 0 Å². The van der Waals surface area contributed by atoms with E-state index in [1.807, 2.05) is 0 Å². The van der Waals surface area contributed by atoms with Crippen molar-refractivity contribution in [2.45, 2.75) is 0 Å². The van der Waals surface area contributed by atoms with E-state index in [-0.39, 0.29) is 0 Å². The number of aryl methyl sites for hydroxylation is 1. The molecule has 0 unspecified atom stereocenters. The highest BCUT2D eigenvalue weighted by atomic mass is 35.5. The zero-order valence-corrected chi connectivity index (χ0v) is 7.62. The molecule has 0 saturated heterocycles. The number of aromatic nitrogens is 3. The maximum atomic E-state index is 10.5. The van der Waals surface area contributed by atoms with E-state index in [4.69, 9.17) is 11.6 Å². The highest BCUT2D eigenvalue weighted by Crippen LogP contribution is 2.23. The molecule has 0 aliphatic heterocycles. The minimum atomic E-state index is 0.391. The first-order valence-electron chi connectivity index (χ1n) is 3.65. The Morgan fingerprint density at radius 1 is 1.54 bits per heavy atom. The van der Waals surface area contributed by atoms with Crippen LogP contribution in [0.15, 0.2) is 12.4 Å². The normalized spacial score (nSPS) is 10.6. The van der Waals surface area contributed by atoms with E-state index >= 15 is 0 Å². The van der Waals surface area contributed by atoms with Gasteiger partial charge in [0.1, 0.15) is 0 Å². The van der Waals surface area contributed by atoms with E-state index in [1.54, 1.807) is 17.9 Å². The highest BCUT2D eigenvalue weighted by Gasteiger charge is 2.08. The van der Waals surface area contributed by atoms with Crippen LogP contribution in [0.25, 0.3) is 11.0 Å². The SMILES string of the molecule is Cn1ncc2c(Cl)c(C=O)cnc21. The molecule has 2 rings (SSSR count). The second kappa shape index (κ2) is 2.81. The number of pyridine rings is 1. The van der Waals surface area contributed by atoms with E-state index in [1.165, 1.54) is 6.20 Å². The van der Waals surface area contributed by atoms with Crippen LogP contribution < -0.4 is 0 Å². The van der Waals surface area contributed by atoms with Crippen LogP contribution in [-0.4, -0.2) is 21.1 Å². The Bertz CT molecular complexity index is 477. The van der Waals surface area contributed by atoms with Gasteiger partial charge in [0.25, 0.3) is 0 Å². The van der Waals surface area contributed by atoms with Crippen LogP contribution in [0.3, 0.4) is 0 Å². The maximum Gasteiger partial charge on any atom is 0.158 e. The summed E-state index contributed by atoms with van der Waals surface area (Å²) in [5.41, 5.74) is 1.07. The van der Waals surface area contributed by atoms with Gasteiger partial charge in [-0.1, -0.05) is 11.6 Å². The molecule has 0 radical (unpaired) electrons. The smallest absolute Gasteiger partial charge is 0.158 e. The van der Waals surface area contributed by atoms with E-state index in [2.05, 4.69) is 10.1 Å². The summed E-state index contributed by atoms with van der Waals surface area (Å²) in [6.45, 7) is 0. The molecule has 0 fully saturated rings. The number of carbonyl (C=O) groups excluding carboxylic acids is 1. The Labute approximate surface area is 79.1 Å². The summed E-state index contributed by atoms with van der Waals surface area (Å²) in [6.07, 6.45) is 3.72. The van der Waals surface area contributed by atoms with Crippen molar-refractivity contribution in [3.05, 3.63) is 23.0 Å². The van der Waals surface area contributed by atoms with Crippen LogP contribution in [0.4, 0.5) is 0 Å². The maximum absolute atomic E-state index is 10.5. The lowest BCUT2D eigenvalue weighted by Crippen LogP contribution is -1.92. The second-order valence-electron chi connectivity index (χ2n) is 2.65. The van der Waals surface area contributed by atoms with Crippen LogP contribution >= 0.6 is 11.6 Å². The lowest BCUT2D eigenvalue weighted by atomic mass is 10.2. The minimum absolute atomic E-state index is 0.391. The molecule has 0 atom stereocenters. The first-order valence-corrected chi connectivity index (χ1v) is 4.03. The third-order valence-corrected chi connectivity index (χ3v) is 2.27. The van der Waals surface area contributed by atoms with Crippen molar-refractivity contribution in [1.82, 2.24) is 14.8 Å². The van der Waals surface area contributed by atoms with Crippen molar-refractivity contribution < 1.29 is 4.79 Å². The Hall–Kier alpha value is -1.42. The standard InChI is InChI=1S/C8H6ClN3O/c1-12-8-6(3-11-12)7(9)5(4-13)2-10-8/h2-4H,1H3. The molecule has 0 aliphatic carbocycles. The van der Waals surface area contributed by atoms with Gasteiger partial charge in [0, 0.05) is 13.2 Å². The zero-order valence-electron chi connectivity index (χ0n) is 6.86. The Kier molecular flexibility index (Phi) is 1.77. The van der Waals surface area contributed by atoms with Crippen molar-refractivity contribution in [2.24, 2.45) is 7.05 Å². The molecule has 0 aliphatic rings. The number of aldehydes is 1. The van der Waals surface area contributed by atoms with Gasteiger partial charge in [-0.3, -0.25) is 9.48 Å². The number of carbonyl (C=O) groups is 1. The average Bonchev–Trinajstić information content (AvgIpc) is 2.50. The third-order valence-electron chi connectivity index (χ3n) is 1.85. The first kappa shape index (κ1) is 8.19. The first-order chi connectivity index (χ1) is 6.24. The number of rotatable bonds is 1. The molecule has 0 N–H and O–H groups in total. The van der Waals surface area contributed by atoms with E-state index < -0.39 is 0 Å². The summed E-state index contributed by atoms with van der Waals surface area (Å²) in [6, 6.07) is 0. The average molecular weight is 196 g/mol. The molecule has 2 aromatic rings. The van der Waals surface area contributed by atoms with Crippen LogP contribution in [0.5, 0.6) is 0 Å². The van der Waals surface area contributed by atoms with Gasteiger partial charge in [-0.25, -0.2) is 4.98 Å². The summed E-state index contributed by atoms with van der Waals surface area (Å²) >= 11 is 5.93. The summed E-state index contributed by atoms with van der Waals surface area (Å²) in [4.78, 5) is 14.6. The van der Waals surface area contributed by atoms with Gasteiger partial charge in [0.15, 0.2) is 11.9 Å². The molecule has 0 saturated carbocycles. The summed E-state index contributed by atoms with van der Waals surface area (Å²) < 4.78 is 1.61. The van der Waals surface area contributed by atoms with Gasteiger partial charge in [0.05, 0.1) is 22.2 Å². The molecule has 66 valence electrons. The Morgan fingerprint density at radius 3 is 3.00 bits per heavy atom. The molecule has 0 spiro atoms. The molecule has 0 aromatic carbocycles. The molecule has 5 heteroatoms. The van der Waals surface area contributed by atoms with Gasteiger partial charge in [-0.05, 0) is 0 Å². The van der Waals surface area contributed by atoms with Crippen LogP contribution in [0.1, 0.15) is 10.4 Å². The minimum Gasteiger partial charge on any atom is -0.298 e. The van der Waals surface area contributed by atoms with E-state index in [9.17, 15) is 4.79 Å². The molecule has 4 nitrogen and oxygen atoms in total. The van der Waals surface area contributed by atoms with Crippen molar-refractivity contribution >= 4 is 28.9 Å². The molecule has 2 aromatic heterocycles. The van der Waals surface area contributed by atoms with Crippen LogP contribution in [0, 0.1) is 0 Å². The van der Waals surface area contributed by atoms with Gasteiger partial charge < -0.3 is 0 Å². The lowest BCUT2D eigenvalue weighted by Gasteiger charge is -1.97. The topological polar surface area (TPSA) is 47.8 Å². The summed E-state index contributed by atoms with van der Waals surface area (Å²) in [5, 5.41) is 5.10. The molecular formula is C8H6ClN3O. The molecular weight excluding hydrogens is 190 g/mol. The van der Waals surface area contributed by atoms with Gasteiger partial charge in [-0.2, -0.15) is 5.10 Å². The number of fused-ring (bicyclic) bond motifs is 1. The zero-order chi connectivity index (χ0) is 9.42.